The van der Waals surface area contributed by atoms with Gasteiger partial charge in [0.05, 0.1) is 13.2 Å². The SMILES string of the molecule is COc1ccc([C@@H](C)N2CCC(O)CC2)cc1. The zero-order chi connectivity index (χ0) is 12.3. The van der Waals surface area contributed by atoms with Crippen molar-refractivity contribution in [1.29, 1.82) is 0 Å². The van der Waals surface area contributed by atoms with Crippen molar-refractivity contribution in [3.8, 4) is 5.75 Å². The molecule has 1 aliphatic heterocycles. The van der Waals surface area contributed by atoms with Crippen LogP contribution in [0.15, 0.2) is 24.3 Å². The molecule has 0 unspecified atom stereocenters. The van der Waals surface area contributed by atoms with E-state index in [0.29, 0.717) is 6.04 Å². The van der Waals surface area contributed by atoms with Gasteiger partial charge in [0.15, 0.2) is 0 Å². The van der Waals surface area contributed by atoms with Gasteiger partial charge < -0.3 is 9.84 Å². The van der Waals surface area contributed by atoms with Crippen LogP contribution in [0.5, 0.6) is 5.75 Å². The second-order valence-electron chi connectivity index (χ2n) is 4.72. The van der Waals surface area contributed by atoms with Crippen molar-refractivity contribution in [3.63, 3.8) is 0 Å². The summed E-state index contributed by atoms with van der Waals surface area (Å²) < 4.78 is 5.16. The Bertz CT molecular complexity index is 342. The third kappa shape index (κ3) is 2.99. The average Bonchev–Trinajstić information content (AvgIpc) is 2.39. The Morgan fingerprint density at radius 1 is 1.24 bits per heavy atom. The lowest BCUT2D eigenvalue weighted by atomic mass is 10.0. The highest BCUT2D eigenvalue weighted by Gasteiger charge is 2.21. The molecule has 1 heterocycles. The van der Waals surface area contributed by atoms with E-state index in [1.807, 2.05) is 12.1 Å². The number of aliphatic hydroxyl groups is 1. The van der Waals surface area contributed by atoms with E-state index in [4.69, 9.17) is 4.74 Å². The van der Waals surface area contributed by atoms with Gasteiger partial charge in [-0.15, -0.1) is 0 Å². The molecule has 3 nitrogen and oxygen atoms in total. The summed E-state index contributed by atoms with van der Waals surface area (Å²) in [5.74, 6) is 0.898. The molecule has 1 aromatic rings. The van der Waals surface area contributed by atoms with Crippen LogP contribution >= 0.6 is 0 Å². The van der Waals surface area contributed by atoms with Crippen molar-refractivity contribution in [3.05, 3.63) is 29.8 Å². The lowest BCUT2D eigenvalue weighted by Gasteiger charge is -2.34. The van der Waals surface area contributed by atoms with E-state index < -0.39 is 0 Å². The number of hydrogen-bond acceptors (Lipinski definition) is 3. The van der Waals surface area contributed by atoms with Gasteiger partial charge in [0.25, 0.3) is 0 Å². The Morgan fingerprint density at radius 2 is 1.82 bits per heavy atom. The van der Waals surface area contributed by atoms with Crippen molar-refractivity contribution >= 4 is 0 Å². The molecule has 2 rings (SSSR count). The van der Waals surface area contributed by atoms with Crippen LogP contribution in [0.3, 0.4) is 0 Å². The quantitative estimate of drug-likeness (QED) is 0.872. The van der Waals surface area contributed by atoms with Crippen LogP contribution in [0.1, 0.15) is 31.4 Å². The Hall–Kier alpha value is -1.06. The number of piperidine rings is 1. The van der Waals surface area contributed by atoms with Crippen LogP contribution in [-0.4, -0.2) is 36.3 Å². The number of nitrogens with zero attached hydrogens (tertiary/aromatic N) is 1. The van der Waals surface area contributed by atoms with E-state index in [-0.39, 0.29) is 6.10 Å². The van der Waals surface area contributed by atoms with Gasteiger partial charge in [-0.3, -0.25) is 4.90 Å². The van der Waals surface area contributed by atoms with E-state index in [1.54, 1.807) is 7.11 Å². The van der Waals surface area contributed by atoms with Crippen molar-refractivity contribution in [2.45, 2.75) is 31.9 Å². The molecule has 1 atom stereocenters. The predicted octanol–water partition coefficient (Wildman–Crippen LogP) is 2.21. The van der Waals surface area contributed by atoms with Crippen LogP contribution in [0.2, 0.25) is 0 Å². The maximum Gasteiger partial charge on any atom is 0.118 e. The summed E-state index contributed by atoms with van der Waals surface area (Å²) in [7, 11) is 1.68. The van der Waals surface area contributed by atoms with Gasteiger partial charge in [-0.2, -0.15) is 0 Å². The fourth-order valence-corrected chi connectivity index (χ4v) is 2.37. The molecule has 1 fully saturated rings. The molecule has 1 aromatic carbocycles. The number of hydrogen-bond donors (Lipinski definition) is 1. The average molecular weight is 235 g/mol. The first-order valence-electron chi connectivity index (χ1n) is 6.27. The first-order valence-corrected chi connectivity index (χ1v) is 6.27. The maximum absolute atomic E-state index is 9.50. The second-order valence-corrected chi connectivity index (χ2v) is 4.72. The van der Waals surface area contributed by atoms with E-state index in [2.05, 4.69) is 24.0 Å². The molecule has 1 saturated heterocycles. The number of methoxy groups -OCH3 is 1. The minimum atomic E-state index is -0.102. The third-order valence-electron chi connectivity index (χ3n) is 3.65. The molecule has 1 N–H and O–H groups in total. The molecule has 0 bridgehead atoms. The molecule has 1 aliphatic rings. The summed E-state index contributed by atoms with van der Waals surface area (Å²) in [4.78, 5) is 2.43. The third-order valence-corrected chi connectivity index (χ3v) is 3.65. The summed E-state index contributed by atoms with van der Waals surface area (Å²) in [5, 5.41) is 9.50. The molecule has 0 aliphatic carbocycles. The topological polar surface area (TPSA) is 32.7 Å². The molecule has 0 saturated carbocycles. The number of ether oxygens (including phenoxy) is 1. The van der Waals surface area contributed by atoms with E-state index in [0.717, 1.165) is 31.7 Å². The number of likely N-dealkylation sites (tertiary alicyclic amines) is 1. The Morgan fingerprint density at radius 3 is 2.35 bits per heavy atom. The number of rotatable bonds is 3. The minimum absolute atomic E-state index is 0.102. The monoisotopic (exact) mass is 235 g/mol. The fraction of sp³-hybridized carbons (Fsp3) is 0.571. The summed E-state index contributed by atoms with van der Waals surface area (Å²) in [6.45, 7) is 4.18. The van der Waals surface area contributed by atoms with Gasteiger partial charge in [0, 0.05) is 19.1 Å². The van der Waals surface area contributed by atoms with E-state index in [9.17, 15) is 5.11 Å². The highest BCUT2D eigenvalue weighted by molar-refractivity contribution is 5.28. The van der Waals surface area contributed by atoms with Crippen molar-refractivity contribution < 1.29 is 9.84 Å². The van der Waals surface area contributed by atoms with Crippen molar-refractivity contribution in [2.75, 3.05) is 20.2 Å². The van der Waals surface area contributed by atoms with Gasteiger partial charge in [0.1, 0.15) is 5.75 Å². The summed E-state index contributed by atoms with van der Waals surface area (Å²) in [6.07, 6.45) is 1.68. The minimum Gasteiger partial charge on any atom is -0.497 e. The zero-order valence-corrected chi connectivity index (χ0v) is 10.6. The van der Waals surface area contributed by atoms with Crippen LogP contribution < -0.4 is 4.74 Å². The Labute approximate surface area is 103 Å². The van der Waals surface area contributed by atoms with Gasteiger partial charge in [-0.05, 0) is 37.5 Å². The van der Waals surface area contributed by atoms with Gasteiger partial charge in [0.2, 0.25) is 0 Å². The van der Waals surface area contributed by atoms with Crippen LogP contribution in [0.25, 0.3) is 0 Å². The zero-order valence-electron chi connectivity index (χ0n) is 10.6. The Balaban J connectivity index is 2.00. The largest absolute Gasteiger partial charge is 0.497 e. The van der Waals surface area contributed by atoms with Gasteiger partial charge in [-0.25, -0.2) is 0 Å². The normalized spacial score (nSPS) is 20.2. The van der Waals surface area contributed by atoms with E-state index >= 15 is 0 Å². The smallest absolute Gasteiger partial charge is 0.118 e. The molecule has 3 heteroatoms. The standard InChI is InChI=1S/C14H21NO2/c1-11(15-9-7-13(16)8-10-15)12-3-5-14(17-2)6-4-12/h3-6,11,13,16H,7-10H2,1-2H3/t11-/m1/s1. The van der Waals surface area contributed by atoms with Crippen LogP contribution in [0.4, 0.5) is 0 Å². The van der Waals surface area contributed by atoms with Gasteiger partial charge >= 0.3 is 0 Å². The van der Waals surface area contributed by atoms with Gasteiger partial charge in [-0.1, -0.05) is 12.1 Å². The lowest BCUT2D eigenvalue weighted by molar-refractivity contribution is 0.0645. The van der Waals surface area contributed by atoms with Crippen molar-refractivity contribution in [2.24, 2.45) is 0 Å². The summed E-state index contributed by atoms with van der Waals surface area (Å²) in [6, 6.07) is 8.66. The van der Waals surface area contributed by atoms with Crippen LogP contribution in [-0.2, 0) is 0 Å². The maximum atomic E-state index is 9.50. The highest BCUT2D eigenvalue weighted by Crippen LogP contribution is 2.25. The predicted molar refractivity (Wildman–Crippen MR) is 68.2 cm³/mol. The number of benzene rings is 1. The molecule has 94 valence electrons. The first kappa shape index (κ1) is 12.4. The fourth-order valence-electron chi connectivity index (χ4n) is 2.37. The van der Waals surface area contributed by atoms with Crippen molar-refractivity contribution in [1.82, 2.24) is 4.90 Å². The molecular formula is C14H21NO2. The molecule has 0 aromatic heterocycles. The summed E-state index contributed by atoms with van der Waals surface area (Å²) in [5.41, 5.74) is 1.31. The first-order chi connectivity index (χ1) is 8.20. The number of aliphatic hydroxyl groups excluding tert-OH is 1. The summed E-state index contributed by atoms with van der Waals surface area (Å²) >= 11 is 0. The van der Waals surface area contributed by atoms with Crippen LogP contribution in [0, 0.1) is 0 Å². The lowest BCUT2D eigenvalue weighted by Crippen LogP contribution is -2.37. The van der Waals surface area contributed by atoms with E-state index in [1.165, 1.54) is 5.56 Å². The molecule has 0 spiro atoms. The molecule has 0 radical (unpaired) electrons. The highest BCUT2D eigenvalue weighted by atomic mass is 16.5. The molecule has 0 amide bonds. The molecule has 17 heavy (non-hydrogen) atoms. The second kappa shape index (κ2) is 5.52. The Kier molecular flexibility index (Phi) is 4.02. The molecular weight excluding hydrogens is 214 g/mol.